The van der Waals surface area contributed by atoms with Gasteiger partial charge in [0, 0.05) is 24.5 Å². The van der Waals surface area contributed by atoms with Gasteiger partial charge in [-0.05, 0) is 42.0 Å². The highest BCUT2D eigenvalue weighted by Crippen LogP contribution is 2.26. The van der Waals surface area contributed by atoms with Gasteiger partial charge in [0.25, 0.3) is 6.10 Å². The minimum Gasteiger partial charge on any atom is -0.493 e. The molecule has 0 saturated carbocycles. The van der Waals surface area contributed by atoms with Crippen LogP contribution in [0.4, 0.5) is 0 Å². The van der Waals surface area contributed by atoms with Gasteiger partial charge in [0.1, 0.15) is 18.1 Å². The van der Waals surface area contributed by atoms with Crippen molar-refractivity contribution in [2.24, 2.45) is 0 Å². The number of hydrogen-bond donors (Lipinski definition) is 1. The van der Waals surface area contributed by atoms with Gasteiger partial charge in [-0.25, -0.2) is 4.79 Å². The highest BCUT2D eigenvalue weighted by atomic mass is 35.5. The van der Waals surface area contributed by atoms with Crippen LogP contribution in [0.25, 0.3) is 0 Å². The third-order valence-corrected chi connectivity index (χ3v) is 5.38. The minimum absolute atomic E-state index is 0.0262. The molecule has 0 aliphatic rings. The minimum atomic E-state index is -0.948. The molecular formula is C27H28ClO6+. The maximum Gasteiger partial charge on any atom is 0.384 e. The average molecular weight is 484 g/mol. The lowest BCUT2D eigenvalue weighted by molar-refractivity contribution is -0.170. The summed E-state index contributed by atoms with van der Waals surface area (Å²) in [6.45, 7) is 3.11. The molecule has 0 saturated heterocycles. The van der Waals surface area contributed by atoms with Crippen molar-refractivity contribution in [1.29, 1.82) is 0 Å². The van der Waals surface area contributed by atoms with Crippen LogP contribution in [0, 0.1) is 0 Å². The zero-order valence-electron chi connectivity index (χ0n) is 18.9. The van der Waals surface area contributed by atoms with E-state index >= 15 is 0 Å². The van der Waals surface area contributed by atoms with E-state index in [1.165, 1.54) is 0 Å². The smallest absolute Gasteiger partial charge is 0.384 e. The first-order chi connectivity index (χ1) is 16.5. The molecule has 0 heterocycles. The Labute approximate surface area is 204 Å². The van der Waals surface area contributed by atoms with E-state index in [4.69, 9.17) is 21.1 Å². The molecule has 178 valence electrons. The van der Waals surface area contributed by atoms with Gasteiger partial charge in [0.2, 0.25) is 0 Å². The van der Waals surface area contributed by atoms with Gasteiger partial charge in [-0.15, -0.1) is 0 Å². The Morgan fingerprint density at radius 1 is 0.941 bits per heavy atom. The number of ether oxygens (including phenoxy) is 3. The molecule has 0 aliphatic carbocycles. The predicted molar refractivity (Wildman–Crippen MR) is 131 cm³/mol. The summed E-state index contributed by atoms with van der Waals surface area (Å²) < 4.78 is 15.6. The summed E-state index contributed by atoms with van der Waals surface area (Å²) in [6.07, 6.45) is 0.141. The van der Waals surface area contributed by atoms with E-state index in [0.717, 1.165) is 5.56 Å². The molecule has 3 rings (SSSR count). The third kappa shape index (κ3) is 7.33. The quantitative estimate of drug-likeness (QED) is 0.211. The normalized spacial score (nSPS) is 11.6. The molecule has 0 spiro atoms. The molecule has 0 bridgehead atoms. The second-order valence-electron chi connectivity index (χ2n) is 7.59. The predicted octanol–water partition coefficient (Wildman–Crippen LogP) is 4.96. The summed E-state index contributed by atoms with van der Waals surface area (Å²) in [5.41, 5.74) is 2.05. The van der Waals surface area contributed by atoms with Crippen LogP contribution in [0.15, 0.2) is 72.8 Å². The third-order valence-electron chi connectivity index (χ3n) is 5.08. The van der Waals surface area contributed by atoms with Crippen LogP contribution >= 0.6 is 11.6 Å². The number of carboxylic acids is 1. The molecule has 6 nitrogen and oxygen atoms in total. The van der Waals surface area contributed by atoms with Crippen molar-refractivity contribution in [3.8, 4) is 11.5 Å². The van der Waals surface area contributed by atoms with Crippen molar-refractivity contribution in [2.45, 2.75) is 25.9 Å². The fraction of sp³-hybridized carbons (Fsp3) is 0.259. The van der Waals surface area contributed by atoms with E-state index in [9.17, 15) is 14.7 Å². The molecule has 3 aromatic carbocycles. The summed E-state index contributed by atoms with van der Waals surface area (Å²) in [7, 11) is 0. The first kappa shape index (κ1) is 25.3. The lowest BCUT2D eigenvalue weighted by Crippen LogP contribution is -2.29. The fourth-order valence-corrected chi connectivity index (χ4v) is 3.61. The van der Waals surface area contributed by atoms with Crippen LogP contribution in [0.5, 0.6) is 11.5 Å². The van der Waals surface area contributed by atoms with Crippen molar-refractivity contribution in [1.82, 2.24) is 0 Å². The van der Waals surface area contributed by atoms with Crippen LogP contribution in [0.1, 0.15) is 34.8 Å². The fourth-order valence-electron chi connectivity index (χ4n) is 3.35. The number of rotatable bonds is 13. The maximum absolute atomic E-state index is 12.5. The van der Waals surface area contributed by atoms with Crippen LogP contribution in [0.2, 0.25) is 5.02 Å². The molecule has 0 amide bonds. The summed E-state index contributed by atoms with van der Waals surface area (Å²) in [6, 6.07) is 21.5. The molecule has 34 heavy (non-hydrogen) atoms. The first-order valence-electron chi connectivity index (χ1n) is 11.1. The van der Waals surface area contributed by atoms with Gasteiger partial charge in [-0.3, -0.25) is 4.79 Å². The highest BCUT2D eigenvalue weighted by Gasteiger charge is 2.23. The summed E-state index contributed by atoms with van der Waals surface area (Å²) in [4.78, 5) is 23.7. The zero-order valence-corrected chi connectivity index (χ0v) is 19.7. The van der Waals surface area contributed by atoms with E-state index < -0.39 is 12.1 Å². The summed E-state index contributed by atoms with van der Waals surface area (Å²) in [5.74, 6) is 0.239. The van der Waals surface area contributed by atoms with E-state index in [1.807, 2.05) is 25.1 Å². The Balaban J connectivity index is 1.42. The number of benzene rings is 3. The molecule has 0 unspecified atom stereocenters. The largest absolute Gasteiger partial charge is 0.493 e. The lowest BCUT2D eigenvalue weighted by atomic mass is 10.0. The second-order valence-corrected chi connectivity index (χ2v) is 8.00. The van der Waals surface area contributed by atoms with Crippen molar-refractivity contribution in [2.75, 3.05) is 19.8 Å². The van der Waals surface area contributed by atoms with Gasteiger partial charge in [0.15, 0.2) is 5.78 Å². The number of carboxylic acid groups (broad SMARTS) is 1. The summed E-state index contributed by atoms with van der Waals surface area (Å²) >= 11 is 6.30. The van der Waals surface area contributed by atoms with Crippen molar-refractivity contribution in [3.05, 3.63) is 94.5 Å². The standard InChI is InChI=1S/C27H27ClO6/c1-2-32-25(27(30)31)18-19-9-14-24(23(28)17-19)34-16-6-15-33-22-12-10-21(11-13-22)26(29)20-7-4-3-5-8-20/h3-5,7-14,17,25H,2,6,15-16,18H2,1H3,(H,30,31)/p+1/t25-/m0/s1. The van der Waals surface area contributed by atoms with Crippen molar-refractivity contribution >= 4 is 23.4 Å². The maximum atomic E-state index is 12.5. The molecule has 3 aromatic rings. The molecule has 2 N–H and O–H groups in total. The zero-order chi connectivity index (χ0) is 24.3. The number of carbonyl (C=O) groups is 2. The number of halogens is 1. The Morgan fingerprint density at radius 2 is 1.62 bits per heavy atom. The van der Waals surface area contributed by atoms with E-state index in [2.05, 4.69) is 4.74 Å². The van der Waals surface area contributed by atoms with Crippen LogP contribution in [-0.4, -0.2) is 47.5 Å². The van der Waals surface area contributed by atoms with Gasteiger partial charge in [-0.1, -0.05) is 48.0 Å². The van der Waals surface area contributed by atoms with Crippen molar-refractivity contribution < 1.29 is 28.9 Å². The number of aliphatic hydroxyl groups is 2. The Bertz CT molecular complexity index is 1080. The molecule has 7 heteroatoms. The van der Waals surface area contributed by atoms with Crippen LogP contribution < -0.4 is 9.47 Å². The van der Waals surface area contributed by atoms with E-state index in [-0.39, 0.29) is 12.2 Å². The number of aliphatic carboxylic acids is 1. The lowest BCUT2D eigenvalue weighted by Gasteiger charge is -2.12. The van der Waals surface area contributed by atoms with Gasteiger partial charge in [-0.2, -0.15) is 0 Å². The average Bonchev–Trinajstić information content (AvgIpc) is 2.85. The highest BCUT2D eigenvalue weighted by molar-refractivity contribution is 6.32. The van der Waals surface area contributed by atoms with Crippen molar-refractivity contribution in [3.63, 3.8) is 0 Å². The molecule has 1 atom stereocenters. The number of hydrogen-bond acceptors (Lipinski definition) is 4. The molecule has 0 aliphatic heterocycles. The van der Waals surface area contributed by atoms with Crippen LogP contribution in [0.3, 0.4) is 0 Å². The topological polar surface area (TPSA) is 85.6 Å². The first-order valence-corrected chi connectivity index (χ1v) is 11.5. The Hall–Kier alpha value is -3.35. The Morgan fingerprint density at radius 3 is 2.26 bits per heavy atom. The Kier molecular flexibility index (Phi) is 9.50. The number of carbonyl (C=O) groups excluding carboxylic acids is 1. The summed E-state index contributed by atoms with van der Waals surface area (Å²) in [5, 5.41) is 9.67. The molecule has 0 radical (unpaired) electrons. The van der Waals surface area contributed by atoms with Gasteiger partial charge in [0.05, 0.1) is 24.7 Å². The van der Waals surface area contributed by atoms with E-state index in [1.54, 1.807) is 54.6 Å². The monoisotopic (exact) mass is 483 g/mol. The second kappa shape index (κ2) is 12.8. The number of ketones is 1. The van der Waals surface area contributed by atoms with Crippen LogP contribution in [-0.2, 0) is 11.2 Å². The molecule has 0 aromatic heterocycles. The van der Waals surface area contributed by atoms with Gasteiger partial charge < -0.3 is 19.3 Å². The van der Waals surface area contributed by atoms with Gasteiger partial charge >= 0.3 is 5.97 Å². The SMILES string of the molecule is CC[OH+][C@@H](Cc1ccc(OCCCOc2ccc(C(=O)c3ccccc3)cc2)c(Cl)c1)C(=O)O. The molecular weight excluding hydrogens is 456 g/mol. The molecule has 0 fully saturated rings. The van der Waals surface area contributed by atoms with E-state index in [0.29, 0.717) is 53.9 Å².